The van der Waals surface area contributed by atoms with Crippen molar-refractivity contribution in [3.63, 3.8) is 0 Å². The van der Waals surface area contributed by atoms with Crippen LogP contribution in [0.4, 0.5) is 0 Å². The van der Waals surface area contributed by atoms with Gasteiger partial charge in [-0.3, -0.25) is 9.59 Å². The first-order chi connectivity index (χ1) is 19.3. The molecule has 2 aliphatic carbocycles. The molecule has 240 valence electrons. The SMILES string of the molecule is CCCCCCCCCCCCCCCCOC(=O)C(C)(CC)CCC(C)(C)C(=O)OC1CC2CCC1(C)C2(C)C. The Labute approximate surface area is 254 Å². The van der Waals surface area contributed by atoms with E-state index >= 15 is 0 Å². The highest BCUT2D eigenvalue weighted by Crippen LogP contribution is 2.66. The summed E-state index contributed by atoms with van der Waals surface area (Å²) in [6.07, 6.45) is 23.8. The Bertz CT molecular complexity index is 786. The molecule has 2 saturated carbocycles. The van der Waals surface area contributed by atoms with Crippen LogP contribution in [0.15, 0.2) is 0 Å². The first kappa shape index (κ1) is 36.1. The second-order valence-corrected chi connectivity index (χ2v) is 15.5. The first-order valence-corrected chi connectivity index (χ1v) is 17.7. The van der Waals surface area contributed by atoms with E-state index in [0.29, 0.717) is 31.8 Å². The van der Waals surface area contributed by atoms with E-state index in [1.807, 2.05) is 20.8 Å². The van der Waals surface area contributed by atoms with Crippen LogP contribution in [0.3, 0.4) is 0 Å². The zero-order valence-electron chi connectivity index (χ0n) is 28.6. The Morgan fingerprint density at radius 1 is 0.732 bits per heavy atom. The highest BCUT2D eigenvalue weighted by molar-refractivity contribution is 5.78. The molecule has 4 nitrogen and oxygen atoms in total. The number of unbranched alkanes of at least 4 members (excludes halogenated alkanes) is 13. The minimum Gasteiger partial charge on any atom is -0.465 e. The lowest BCUT2D eigenvalue weighted by molar-refractivity contribution is -0.169. The predicted octanol–water partition coefficient (Wildman–Crippen LogP) is 11.0. The highest BCUT2D eigenvalue weighted by atomic mass is 16.5. The fourth-order valence-corrected chi connectivity index (χ4v) is 7.35. The average Bonchev–Trinajstić information content (AvgIpc) is 3.27. The molecule has 0 aliphatic heterocycles. The molecule has 0 amide bonds. The molecular formula is C37H68O4. The van der Waals surface area contributed by atoms with E-state index in [2.05, 4.69) is 34.6 Å². The van der Waals surface area contributed by atoms with Gasteiger partial charge in [-0.1, -0.05) is 118 Å². The van der Waals surface area contributed by atoms with Crippen molar-refractivity contribution < 1.29 is 19.1 Å². The van der Waals surface area contributed by atoms with Crippen LogP contribution in [0.2, 0.25) is 0 Å². The quantitative estimate of drug-likeness (QED) is 0.0950. The minimum atomic E-state index is -0.617. The normalized spacial score (nSPS) is 24.8. The third-order valence-electron chi connectivity index (χ3n) is 11.8. The van der Waals surface area contributed by atoms with Crippen molar-refractivity contribution in [1.82, 2.24) is 0 Å². The Kier molecular flexibility index (Phi) is 14.7. The van der Waals surface area contributed by atoms with Crippen molar-refractivity contribution in [3.8, 4) is 0 Å². The standard InChI is InChI=1S/C37H68O4/c1-9-11-12-13-14-15-16-17-18-19-20-21-22-23-28-40-33(39)36(7,10-2)27-26-34(3,4)32(38)41-31-29-30-24-25-37(31,8)35(30,5)6/h30-31H,9-29H2,1-8H3. The maximum absolute atomic E-state index is 13.3. The van der Waals surface area contributed by atoms with Crippen LogP contribution in [0, 0.1) is 27.6 Å². The predicted molar refractivity (Wildman–Crippen MR) is 172 cm³/mol. The summed E-state index contributed by atoms with van der Waals surface area (Å²) < 4.78 is 12.0. The van der Waals surface area contributed by atoms with Gasteiger partial charge >= 0.3 is 11.9 Å². The lowest BCUT2D eigenvalue weighted by atomic mass is 9.70. The second-order valence-electron chi connectivity index (χ2n) is 15.5. The van der Waals surface area contributed by atoms with Gasteiger partial charge in [-0.2, -0.15) is 0 Å². The van der Waals surface area contributed by atoms with Crippen LogP contribution < -0.4 is 0 Å². The van der Waals surface area contributed by atoms with E-state index in [9.17, 15) is 9.59 Å². The molecule has 0 aromatic carbocycles. The fourth-order valence-electron chi connectivity index (χ4n) is 7.35. The molecule has 0 heterocycles. The summed E-state index contributed by atoms with van der Waals surface area (Å²) in [6.45, 7) is 17.8. The first-order valence-electron chi connectivity index (χ1n) is 17.7. The Morgan fingerprint density at radius 2 is 1.24 bits per heavy atom. The van der Waals surface area contributed by atoms with Gasteiger partial charge in [0.25, 0.3) is 0 Å². The van der Waals surface area contributed by atoms with Gasteiger partial charge in [0.05, 0.1) is 17.4 Å². The van der Waals surface area contributed by atoms with Gasteiger partial charge in [-0.25, -0.2) is 0 Å². The van der Waals surface area contributed by atoms with Gasteiger partial charge in [0, 0.05) is 5.41 Å². The maximum atomic E-state index is 13.3. The largest absolute Gasteiger partial charge is 0.465 e. The van der Waals surface area contributed by atoms with Crippen molar-refractivity contribution in [2.75, 3.05) is 6.61 Å². The van der Waals surface area contributed by atoms with Crippen LogP contribution in [0.5, 0.6) is 0 Å². The molecule has 41 heavy (non-hydrogen) atoms. The third kappa shape index (κ3) is 9.99. The highest BCUT2D eigenvalue weighted by Gasteiger charge is 2.63. The Morgan fingerprint density at radius 3 is 1.68 bits per heavy atom. The van der Waals surface area contributed by atoms with Gasteiger partial charge in [0.1, 0.15) is 6.10 Å². The Hall–Kier alpha value is -1.06. The summed E-state index contributed by atoms with van der Waals surface area (Å²) in [7, 11) is 0. The van der Waals surface area contributed by atoms with Gasteiger partial charge < -0.3 is 9.47 Å². The van der Waals surface area contributed by atoms with Gasteiger partial charge in [0.15, 0.2) is 0 Å². The number of esters is 2. The topological polar surface area (TPSA) is 52.6 Å². The zero-order chi connectivity index (χ0) is 30.6. The van der Waals surface area contributed by atoms with Gasteiger partial charge in [-0.05, 0) is 77.0 Å². The third-order valence-corrected chi connectivity index (χ3v) is 11.8. The number of hydrogen-bond donors (Lipinski definition) is 0. The molecule has 0 aromatic heterocycles. The molecule has 2 rings (SSSR count). The molecule has 0 radical (unpaired) electrons. The van der Waals surface area contributed by atoms with Crippen LogP contribution >= 0.6 is 0 Å². The Balaban J connectivity index is 1.60. The van der Waals surface area contributed by atoms with Gasteiger partial charge in [0.2, 0.25) is 0 Å². The van der Waals surface area contributed by atoms with Crippen LogP contribution in [-0.2, 0) is 19.1 Å². The molecule has 4 unspecified atom stereocenters. The van der Waals surface area contributed by atoms with Crippen LogP contribution in [0.25, 0.3) is 0 Å². The number of hydrogen-bond acceptors (Lipinski definition) is 4. The molecule has 4 atom stereocenters. The van der Waals surface area contributed by atoms with Crippen molar-refractivity contribution in [2.24, 2.45) is 27.6 Å². The van der Waals surface area contributed by atoms with Crippen LogP contribution in [0.1, 0.15) is 184 Å². The molecule has 0 saturated heterocycles. The average molecular weight is 577 g/mol. The van der Waals surface area contributed by atoms with E-state index in [4.69, 9.17) is 9.47 Å². The summed E-state index contributed by atoms with van der Waals surface area (Å²) in [5.41, 5.74) is -0.889. The molecule has 4 heteroatoms. The molecule has 0 spiro atoms. The number of ether oxygens (including phenoxy) is 2. The summed E-state index contributed by atoms with van der Waals surface area (Å²) >= 11 is 0. The van der Waals surface area contributed by atoms with Crippen LogP contribution in [-0.4, -0.2) is 24.6 Å². The number of rotatable bonds is 22. The molecule has 0 N–H and O–H groups in total. The van der Waals surface area contributed by atoms with E-state index in [0.717, 1.165) is 25.7 Å². The van der Waals surface area contributed by atoms with E-state index in [1.165, 1.54) is 83.5 Å². The summed E-state index contributed by atoms with van der Waals surface area (Å²) in [5, 5.41) is 0. The van der Waals surface area contributed by atoms with Crippen molar-refractivity contribution >= 4 is 11.9 Å². The monoisotopic (exact) mass is 577 g/mol. The van der Waals surface area contributed by atoms with E-state index in [-0.39, 0.29) is 28.9 Å². The van der Waals surface area contributed by atoms with E-state index in [1.54, 1.807) is 0 Å². The summed E-state index contributed by atoms with van der Waals surface area (Å²) in [5.74, 6) is 0.425. The second kappa shape index (κ2) is 16.7. The number of carbonyl (C=O) groups is 2. The molecule has 0 aromatic rings. The molecular weight excluding hydrogens is 508 g/mol. The van der Waals surface area contributed by atoms with Gasteiger partial charge in [-0.15, -0.1) is 0 Å². The molecule has 2 fully saturated rings. The van der Waals surface area contributed by atoms with Crippen molar-refractivity contribution in [3.05, 3.63) is 0 Å². The zero-order valence-corrected chi connectivity index (χ0v) is 28.6. The summed E-state index contributed by atoms with van der Waals surface area (Å²) in [4.78, 5) is 26.4. The van der Waals surface area contributed by atoms with E-state index < -0.39 is 10.8 Å². The number of fused-ring (bicyclic) bond motifs is 2. The maximum Gasteiger partial charge on any atom is 0.311 e. The number of carbonyl (C=O) groups excluding carboxylic acids is 2. The smallest absolute Gasteiger partial charge is 0.311 e. The lowest BCUT2D eigenvalue weighted by Crippen LogP contribution is -2.41. The van der Waals surface area contributed by atoms with Crippen molar-refractivity contribution in [2.45, 2.75) is 190 Å². The summed E-state index contributed by atoms with van der Waals surface area (Å²) in [6, 6.07) is 0. The molecule has 2 aliphatic rings. The van der Waals surface area contributed by atoms with Crippen molar-refractivity contribution in [1.29, 1.82) is 0 Å². The fraction of sp³-hybridized carbons (Fsp3) is 0.946. The minimum absolute atomic E-state index is 0.00987. The molecule has 2 bridgehead atoms. The lowest BCUT2D eigenvalue weighted by Gasteiger charge is -2.39.